The van der Waals surface area contributed by atoms with Crippen molar-refractivity contribution in [3.63, 3.8) is 0 Å². The van der Waals surface area contributed by atoms with E-state index in [4.69, 9.17) is 19.4 Å². The van der Waals surface area contributed by atoms with Gasteiger partial charge < -0.3 is 4.42 Å². The van der Waals surface area contributed by atoms with Crippen LogP contribution < -0.4 is 0 Å². The van der Waals surface area contributed by atoms with Gasteiger partial charge in [0, 0.05) is 32.5 Å². The van der Waals surface area contributed by atoms with Crippen LogP contribution in [0.15, 0.2) is 144 Å². The van der Waals surface area contributed by atoms with Gasteiger partial charge in [-0.3, -0.25) is 8.97 Å². The molecule has 5 aromatic heterocycles. The quantitative estimate of drug-likeness (QED) is 0.198. The van der Waals surface area contributed by atoms with Crippen molar-refractivity contribution in [2.24, 2.45) is 0 Å². The fourth-order valence-corrected chi connectivity index (χ4v) is 7.55. The minimum absolute atomic E-state index is 0.632. The molecule has 5 heterocycles. The van der Waals surface area contributed by atoms with Gasteiger partial charge in [0.1, 0.15) is 11.2 Å². The van der Waals surface area contributed by atoms with Crippen molar-refractivity contribution in [3.05, 3.63) is 140 Å². The average molecular weight is 602 g/mol. The molecule has 0 spiro atoms. The third-order valence-corrected chi connectivity index (χ3v) is 9.51. The van der Waals surface area contributed by atoms with E-state index >= 15 is 0 Å². The maximum atomic E-state index is 6.61. The molecule has 0 aliphatic rings. The predicted octanol–water partition coefficient (Wildman–Crippen LogP) is 10.2. The first-order valence-corrected chi connectivity index (χ1v) is 15.7. The highest BCUT2D eigenvalue weighted by Crippen LogP contribution is 2.44. The number of para-hydroxylation sites is 5. The lowest BCUT2D eigenvalue weighted by atomic mass is 10.0. The minimum atomic E-state index is 0.632. The summed E-state index contributed by atoms with van der Waals surface area (Å²) in [6.45, 7) is 0. The van der Waals surface area contributed by atoms with Gasteiger partial charge in [0.05, 0.1) is 38.7 Å². The van der Waals surface area contributed by atoms with Gasteiger partial charge in [0.15, 0.2) is 0 Å². The molecule has 0 saturated carbocycles. The smallest absolute Gasteiger partial charge is 0.235 e. The van der Waals surface area contributed by atoms with E-state index in [2.05, 4.69) is 112 Å². The average Bonchev–Trinajstić information content (AvgIpc) is 3.81. The molecule has 0 amide bonds. The number of hydrogen-bond acceptors (Lipinski definition) is 4. The Labute approximate surface area is 266 Å². The van der Waals surface area contributed by atoms with Crippen LogP contribution in [0.25, 0.3) is 99.4 Å². The molecule has 0 unspecified atom stereocenters. The zero-order valence-corrected chi connectivity index (χ0v) is 24.9. The van der Waals surface area contributed by atoms with Gasteiger partial charge >= 0.3 is 0 Å². The number of benzene rings is 6. The van der Waals surface area contributed by atoms with Gasteiger partial charge in [-0.2, -0.15) is 0 Å². The molecule has 218 valence electrons. The molecule has 0 aliphatic carbocycles. The topological polar surface area (TPSA) is 61.2 Å². The number of imidazole rings is 1. The van der Waals surface area contributed by atoms with Crippen molar-refractivity contribution in [1.29, 1.82) is 0 Å². The molecule has 6 aromatic carbocycles. The van der Waals surface area contributed by atoms with Crippen LogP contribution in [0.4, 0.5) is 0 Å². The number of nitrogens with zero attached hydrogens (tertiary/aromatic N) is 5. The van der Waals surface area contributed by atoms with Crippen LogP contribution in [0.2, 0.25) is 0 Å². The first-order chi connectivity index (χ1) is 23.3. The summed E-state index contributed by atoms with van der Waals surface area (Å²) in [4.78, 5) is 15.7. The van der Waals surface area contributed by atoms with Crippen LogP contribution in [0.5, 0.6) is 0 Å². The Balaban J connectivity index is 1.36. The summed E-state index contributed by atoms with van der Waals surface area (Å²) in [5, 5.41) is 7.60. The summed E-state index contributed by atoms with van der Waals surface area (Å²) >= 11 is 0. The van der Waals surface area contributed by atoms with Crippen molar-refractivity contribution < 1.29 is 4.42 Å². The third-order valence-electron chi connectivity index (χ3n) is 9.51. The van der Waals surface area contributed by atoms with Crippen molar-refractivity contribution in [3.8, 4) is 17.2 Å². The summed E-state index contributed by atoms with van der Waals surface area (Å²) in [6.07, 6.45) is 0. The Hall–Kier alpha value is -6.53. The van der Waals surface area contributed by atoms with Crippen LogP contribution in [-0.4, -0.2) is 23.9 Å². The largest absolute Gasteiger partial charge is 0.439 e. The highest BCUT2D eigenvalue weighted by Gasteiger charge is 2.24. The second-order valence-corrected chi connectivity index (χ2v) is 12.0. The van der Waals surface area contributed by atoms with Crippen LogP contribution in [0.3, 0.4) is 0 Å². The molecule has 0 N–H and O–H groups in total. The van der Waals surface area contributed by atoms with Gasteiger partial charge in [-0.1, -0.05) is 103 Å². The Morgan fingerprint density at radius 2 is 1.15 bits per heavy atom. The molecule has 0 fully saturated rings. The van der Waals surface area contributed by atoms with Crippen LogP contribution >= 0.6 is 0 Å². The lowest BCUT2D eigenvalue weighted by Crippen LogP contribution is -2.03. The maximum absolute atomic E-state index is 6.61. The highest BCUT2D eigenvalue weighted by atomic mass is 16.3. The molecular weight excluding hydrogens is 578 g/mol. The number of hydrogen-bond donors (Lipinski definition) is 0. The van der Waals surface area contributed by atoms with E-state index in [1.807, 2.05) is 36.4 Å². The second-order valence-electron chi connectivity index (χ2n) is 12.0. The SMILES string of the molecule is c1ccc(-c2nc(-n3c4ccccc4c4c5c(ccc43)c3c4ccccc4oc3n3c4ccccc4nc53)nc3ccccc23)cc1. The highest BCUT2D eigenvalue weighted by molar-refractivity contribution is 6.32. The summed E-state index contributed by atoms with van der Waals surface area (Å²) in [7, 11) is 0. The normalized spacial score (nSPS) is 12.3. The van der Waals surface area contributed by atoms with Crippen molar-refractivity contribution in [2.75, 3.05) is 0 Å². The molecule has 6 nitrogen and oxygen atoms in total. The van der Waals surface area contributed by atoms with Crippen LogP contribution in [0.1, 0.15) is 0 Å². The van der Waals surface area contributed by atoms with E-state index in [1.54, 1.807) is 0 Å². The zero-order chi connectivity index (χ0) is 30.6. The molecule has 0 saturated heterocycles. The number of furan rings is 1. The fraction of sp³-hybridized carbons (Fsp3) is 0. The first-order valence-electron chi connectivity index (χ1n) is 15.7. The fourth-order valence-electron chi connectivity index (χ4n) is 7.55. The molecule has 11 rings (SSSR count). The molecule has 11 aromatic rings. The van der Waals surface area contributed by atoms with Crippen LogP contribution in [0, 0.1) is 0 Å². The molecule has 0 atom stereocenters. The van der Waals surface area contributed by atoms with E-state index in [9.17, 15) is 0 Å². The predicted molar refractivity (Wildman–Crippen MR) is 190 cm³/mol. The number of pyridine rings is 1. The summed E-state index contributed by atoms with van der Waals surface area (Å²) in [5.41, 5.74) is 9.38. The second kappa shape index (κ2) is 9.02. The monoisotopic (exact) mass is 601 g/mol. The maximum Gasteiger partial charge on any atom is 0.235 e. The van der Waals surface area contributed by atoms with Gasteiger partial charge in [-0.15, -0.1) is 0 Å². The number of aromatic nitrogens is 5. The Kier molecular flexibility index (Phi) is 4.75. The van der Waals surface area contributed by atoms with E-state index in [-0.39, 0.29) is 0 Å². The first kappa shape index (κ1) is 24.8. The third kappa shape index (κ3) is 3.26. The van der Waals surface area contributed by atoms with E-state index < -0.39 is 0 Å². The lowest BCUT2D eigenvalue weighted by Gasteiger charge is -2.12. The molecule has 0 aliphatic heterocycles. The zero-order valence-electron chi connectivity index (χ0n) is 24.9. The van der Waals surface area contributed by atoms with E-state index in [1.165, 1.54) is 0 Å². The minimum Gasteiger partial charge on any atom is -0.439 e. The van der Waals surface area contributed by atoms with E-state index in [0.717, 1.165) is 93.5 Å². The van der Waals surface area contributed by atoms with Gasteiger partial charge in [0.2, 0.25) is 11.7 Å². The Bertz CT molecular complexity index is 3080. The number of rotatable bonds is 2. The molecular formula is C41H23N5O. The van der Waals surface area contributed by atoms with Crippen molar-refractivity contribution >= 4 is 82.2 Å². The van der Waals surface area contributed by atoms with Crippen molar-refractivity contribution in [1.82, 2.24) is 23.9 Å². The van der Waals surface area contributed by atoms with Gasteiger partial charge in [-0.25, -0.2) is 15.0 Å². The summed E-state index contributed by atoms with van der Waals surface area (Å²) < 4.78 is 11.0. The summed E-state index contributed by atoms with van der Waals surface area (Å²) in [6, 6.07) is 48.1. The number of fused-ring (bicyclic) bond motifs is 15. The van der Waals surface area contributed by atoms with Crippen molar-refractivity contribution in [2.45, 2.75) is 0 Å². The van der Waals surface area contributed by atoms with Crippen LogP contribution in [-0.2, 0) is 0 Å². The van der Waals surface area contributed by atoms with Gasteiger partial charge in [0.25, 0.3) is 0 Å². The Morgan fingerprint density at radius 1 is 0.447 bits per heavy atom. The molecule has 47 heavy (non-hydrogen) atoms. The Morgan fingerprint density at radius 3 is 2.02 bits per heavy atom. The molecule has 0 radical (unpaired) electrons. The molecule has 0 bridgehead atoms. The molecule has 6 heteroatoms. The summed E-state index contributed by atoms with van der Waals surface area (Å²) in [5.74, 6) is 0.632. The van der Waals surface area contributed by atoms with E-state index in [0.29, 0.717) is 5.95 Å². The standard InChI is InChI=1S/C41H23N5O/c1-2-12-24(13-3-1)38-25-14-4-7-17-29(25)43-41(44-38)45-31-19-9-5-15-26(31)36-33(45)23-22-28-35-27-16-6-11-21-34(27)47-40(35)46-32-20-10-8-18-30(32)42-39(46)37(28)36/h1-23H. The lowest BCUT2D eigenvalue weighted by molar-refractivity contribution is 0.650. The van der Waals surface area contributed by atoms with Gasteiger partial charge in [-0.05, 0) is 41.8 Å².